The van der Waals surface area contributed by atoms with E-state index in [-0.39, 0.29) is 5.56 Å². The third-order valence-electron chi connectivity index (χ3n) is 3.49. The maximum absolute atomic E-state index is 13.0. The molecule has 25 heavy (non-hydrogen) atoms. The summed E-state index contributed by atoms with van der Waals surface area (Å²) in [7, 11) is 2.83. The number of methoxy groups -OCH3 is 3. The van der Waals surface area contributed by atoms with Gasteiger partial charge in [0, 0.05) is 5.56 Å². The van der Waals surface area contributed by atoms with Gasteiger partial charge >= 0.3 is 17.9 Å². The van der Waals surface area contributed by atoms with E-state index in [1.54, 1.807) is 0 Å². The van der Waals surface area contributed by atoms with Gasteiger partial charge in [0.05, 0.1) is 27.8 Å². The summed E-state index contributed by atoms with van der Waals surface area (Å²) in [6, 6.07) is 4.03. The van der Waals surface area contributed by atoms with Crippen molar-refractivity contribution in [3.05, 3.63) is 35.6 Å². The number of benzene rings is 1. The van der Waals surface area contributed by atoms with Crippen LogP contribution in [0.4, 0.5) is 4.39 Å². The van der Waals surface area contributed by atoms with Crippen LogP contribution in [-0.4, -0.2) is 55.7 Å². The largest absolute Gasteiger partial charge is 0.469 e. The van der Waals surface area contributed by atoms with Crippen LogP contribution in [0.1, 0.15) is 16.8 Å². The molecule has 1 rings (SSSR count). The van der Waals surface area contributed by atoms with Crippen LogP contribution in [-0.2, 0) is 28.6 Å². The Hall–Kier alpha value is -2.81. The number of hydrogen-bond acceptors (Lipinski definition) is 8. The fourth-order valence-corrected chi connectivity index (χ4v) is 2.18. The highest BCUT2D eigenvalue weighted by Gasteiger charge is 2.55. The van der Waals surface area contributed by atoms with E-state index in [0.29, 0.717) is 0 Å². The number of carbonyl (C=O) groups is 4. The predicted octanol–water partition coefficient (Wildman–Crippen LogP) is 0.265. The minimum absolute atomic E-state index is 0.177. The standard InChI is InChI=1S/C16H17FO8/c1-23-11(18)8-16(22,15(21)25-3)12(14(20)24-2)13(19)9-4-6-10(17)7-5-9/h4-7,12,22H,8H2,1-3H3. The smallest absolute Gasteiger partial charge is 0.339 e. The lowest BCUT2D eigenvalue weighted by molar-refractivity contribution is -0.179. The molecule has 0 aliphatic carbocycles. The Kier molecular flexibility index (Phi) is 6.75. The van der Waals surface area contributed by atoms with Crippen LogP contribution in [0, 0.1) is 11.7 Å². The number of esters is 3. The van der Waals surface area contributed by atoms with Gasteiger partial charge in [0.25, 0.3) is 0 Å². The summed E-state index contributed by atoms with van der Waals surface area (Å²) in [6.07, 6.45) is -1.02. The predicted molar refractivity (Wildman–Crippen MR) is 79.8 cm³/mol. The normalized spacial score (nSPS) is 14.0. The van der Waals surface area contributed by atoms with Gasteiger partial charge in [0.2, 0.25) is 0 Å². The van der Waals surface area contributed by atoms with Crippen LogP contribution in [0.3, 0.4) is 0 Å². The first-order chi connectivity index (χ1) is 11.7. The van der Waals surface area contributed by atoms with E-state index in [4.69, 9.17) is 0 Å². The number of carbonyl (C=O) groups excluding carboxylic acids is 4. The van der Waals surface area contributed by atoms with Gasteiger partial charge in [-0.3, -0.25) is 14.4 Å². The molecule has 9 heteroatoms. The van der Waals surface area contributed by atoms with Crippen LogP contribution in [0.15, 0.2) is 24.3 Å². The molecule has 0 amide bonds. The highest BCUT2D eigenvalue weighted by Crippen LogP contribution is 2.29. The van der Waals surface area contributed by atoms with Crippen molar-refractivity contribution in [3.8, 4) is 0 Å². The summed E-state index contributed by atoms with van der Waals surface area (Å²) in [4.78, 5) is 48.3. The van der Waals surface area contributed by atoms with Crippen LogP contribution < -0.4 is 0 Å². The molecule has 136 valence electrons. The lowest BCUT2D eigenvalue weighted by Crippen LogP contribution is -2.55. The van der Waals surface area contributed by atoms with Crippen molar-refractivity contribution >= 4 is 23.7 Å². The number of halogens is 1. The summed E-state index contributed by atoms with van der Waals surface area (Å²) in [5.74, 6) is -7.54. The lowest BCUT2D eigenvalue weighted by Gasteiger charge is -2.30. The second-order valence-corrected chi connectivity index (χ2v) is 5.00. The zero-order valence-corrected chi connectivity index (χ0v) is 13.8. The van der Waals surface area contributed by atoms with E-state index >= 15 is 0 Å². The molecule has 0 bridgehead atoms. The van der Waals surface area contributed by atoms with Crippen molar-refractivity contribution in [1.82, 2.24) is 0 Å². The molecule has 1 aromatic carbocycles. The molecule has 0 aliphatic rings. The molecular weight excluding hydrogens is 339 g/mol. The van der Waals surface area contributed by atoms with Gasteiger partial charge in [0.15, 0.2) is 17.3 Å². The Balaban J connectivity index is 3.44. The lowest BCUT2D eigenvalue weighted by atomic mass is 9.79. The molecular formula is C16H17FO8. The second-order valence-electron chi connectivity index (χ2n) is 5.00. The summed E-state index contributed by atoms with van der Waals surface area (Å²) >= 11 is 0. The van der Waals surface area contributed by atoms with Crippen molar-refractivity contribution in [1.29, 1.82) is 0 Å². The number of aliphatic hydroxyl groups is 1. The van der Waals surface area contributed by atoms with E-state index in [0.717, 1.165) is 45.6 Å². The molecule has 0 aromatic heterocycles. The number of rotatable bonds is 7. The molecule has 2 unspecified atom stereocenters. The average molecular weight is 356 g/mol. The Morgan fingerprint density at radius 3 is 2.04 bits per heavy atom. The van der Waals surface area contributed by atoms with E-state index in [2.05, 4.69) is 14.2 Å². The Morgan fingerprint density at radius 2 is 1.60 bits per heavy atom. The summed E-state index contributed by atoms with van der Waals surface area (Å²) in [5.41, 5.74) is -3.04. The topological polar surface area (TPSA) is 116 Å². The maximum atomic E-state index is 13.0. The molecule has 0 saturated heterocycles. The van der Waals surface area contributed by atoms with E-state index in [9.17, 15) is 28.7 Å². The summed E-state index contributed by atoms with van der Waals surface area (Å²) in [6.45, 7) is 0. The maximum Gasteiger partial charge on any atom is 0.339 e. The molecule has 1 aromatic rings. The number of Topliss-reactive ketones (excluding diaryl/α,β-unsaturated/α-hetero) is 1. The minimum atomic E-state index is -2.86. The van der Waals surface area contributed by atoms with Crippen molar-refractivity contribution in [2.24, 2.45) is 5.92 Å². The first-order valence-corrected chi connectivity index (χ1v) is 6.96. The van der Waals surface area contributed by atoms with Gasteiger partial charge in [-0.1, -0.05) is 0 Å². The van der Waals surface area contributed by atoms with Crippen LogP contribution in [0.25, 0.3) is 0 Å². The van der Waals surface area contributed by atoms with Crippen molar-refractivity contribution in [2.75, 3.05) is 21.3 Å². The molecule has 0 fully saturated rings. The van der Waals surface area contributed by atoms with Gasteiger partial charge in [-0.05, 0) is 24.3 Å². The molecule has 0 spiro atoms. The molecule has 0 saturated carbocycles. The SMILES string of the molecule is COC(=O)CC(O)(C(=O)OC)C(C(=O)OC)C(=O)c1ccc(F)cc1. The van der Waals surface area contributed by atoms with E-state index in [1.165, 1.54) is 0 Å². The summed E-state index contributed by atoms with van der Waals surface area (Å²) in [5, 5.41) is 10.7. The molecule has 8 nitrogen and oxygen atoms in total. The minimum Gasteiger partial charge on any atom is -0.469 e. The van der Waals surface area contributed by atoms with Gasteiger partial charge < -0.3 is 19.3 Å². The molecule has 2 atom stereocenters. The molecule has 0 heterocycles. The first kappa shape index (κ1) is 20.2. The zero-order valence-electron chi connectivity index (χ0n) is 13.8. The Labute approximate surface area is 142 Å². The van der Waals surface area contributed by atoms with Gasteiger partial charge in [-0.2, -0.15) is 0 Å². The number of hydrogen-bond donors (Lipinski definition) is 1. The van der Waals surface area contributed by atoms with Crippen LogP contribution in [0.2, 0.25) is 0 Å². The van der Waals surface area contributed by atoms with Crippen LogP contribution >= 0.6 is 0 Å². The summed E-state index contributed by atoms with van der Waals surface area (Å²) < 4.78 is 26.3. The highest BCUT2D eigenvalue weighted by molar-refractivity contribution is 6.13. The number of ketones is 1. The molecule has 0 aliphatic heterocycles. The van der Waals surface area contributed by atoms with Gasteiger partial charge in [-0.25, -0.2) is 9.18 Å². The Morgan fingerprint density at radius 1 is 1.04 bits per heavy atom. The van der Waals surface area contributed by atoms with Gasteiger partial charge in [0.1, 0.15) is 5.82 Å². The van der Waals surface area contributed by atoms with Crippen LogP contribution in [0.5, 0.6) is 0 Å². The molecule has 1 N–H and O–H groups in total. The third kappa shape index (κ3) is 4.38. The second kappa shape index (κ2) is 8.34. The van der Waals surface area contributed by atoms with E-state index in [1.807, 2.05) is 0 Å². The number of ether oxygens (including phenoxy) is 3. The average Bonchev–Trinajstić information content (AvgIpc) is 2.60. The Bertz CT molecular complexity index is 669. The van der Waals surface area contributed by atoms with Crippen molar-refractivity contribution in [3.63, 3.8) is 0 Å². The van der Waals surface area contributed by atoms with E-state index < -0.39 is 47.4 Å². The third-order valence-corrected chi connectivity index (χ3v) is 3.49. The fraction of sp³-hybridized carbons (Fsp3) is 0.375. The van der Waals surface area contributed by atoms with Gasteiger partial charge in [-0.15, -0.1) is 0 Å². The fourth-order valence-electron chi connectivity index (χ4n) is 2.18. The monoisotopic (exact) mass is 356 g/mol. The first-order valence-electron chi connectivity index (χ1n) is 6.96. The van der Waals surface area contributed by atoms with Crippen molar-refractivity contribution in [2.45, 2.75) is 12.0 Å². The zero-order chi connectivity index (χ0) is 19.2. The van der Waals surface area contributed by atoms with Crippen molar-refractivity contribution < 1.29 is 42.9 Å². The molecule has 0 radical (unpaired) electrons. The quantitative estimate of drug-likeness (QED) is 0.320. The highest BCUT2D eigenvalue weighted by atomic mass is 19.1.